The molecule has 0 radical (unpaired) electrons. The van der Waals surface area contributed by atoms with Crippen molar-refractivity contribution in [2.75, 3.05) is 23.3 Å². The Balaban J connectivity index is 1.33. The van der Waals surface area contributed by atoms with Gasteiger partial charge in [-0.05, 0) is 35.4 Å². The fourth-order valence-electron chi connectivity index (χ4n) is 3.05. The summed E-state index contributed by atoms with van der Waals surface area (Å²) in [7, 11) is 0. The minimum Gasteiger partial charge on any atom is -0.336 e. The molecule has 3 aromatic rings. The Morgan fingerprint density at radius 2 is 2.00 bits per heavy atom. The van der Waals surface area contributed by atoms with E-state index in [1.807, 2.05) is 42.5 Å². The van der Waals surface area contributed by atoms with Crippen LogP contribution in [0.2, 0.25) is 0 Å². The van der Waals surface area contributed by atoms with E-state index < -0.39 is 0 Å². The Labute approximate surface area is 161 Å². The number of hydrogen-bond donors (Lipinski definition) is 4. The number of H-pyrrole nitrogens is 1. The van der Waals surface area contributed by atoms with Crippen LogP contribution < -0.4 is 20.9 Å². The minimum atomic E-state index is -0.305. The predicted molar refractivity (Wildman–Crippen MR) is 107 cm³/mol. The van der Waals surface area contributed by atoms with Crippen LogP contribution in [0.25, 0.3) is 11.3 Å². The second kappa shape index (κ2) is 7.83. The molecule has 28 heavy (non-hydrogen) atoms. The maximum atomic E-state index is 12.2. The molecule has 4 N–H and O–H groups in total. The van der Waals surface area contributed by atoms with Crippen molar-refractivity contribution in [1.82, 2.24) is 20.8 Å². The van der Waals surface area contributed by atoms with Crippen LogP contribution in [0.5, 0.6) is 0 Å². The van der Waals surface area contributed by atoms with Gasteiger partial charge in [0.15, 0.2) is 0 Å². The molecule has 0 spiro atoms. The van der Waals surface area contributed by atoms with E-state index in [0.29, 0.717) is 25.3 Å². The van der Waals surface area contributed by atoms with Crippen molar-refractivity contribution >= 4 is 23.4 Å². The molecule has 2 aromatic carbocycles. The summed E-state index contributed by atoms with van der Waals surface area (Å²) in [4.78, 5) is 25.6. The average Bonchev–Trinajstić information content (AvgIpc) is 3.39. The molecule has 1 fully saturated rings. The molecule has 0 unspecified atom stereocenters. The third-order valence-electron chi connectivity index (χ3n) is 4.49. The van der Waals surface area contributed by atoms with Crippen molar-refractivity contribution in [3.05, 3.63) is 66.4 Å². The highest BCUT2D eigenvalue weighted by atomic mass is 16.2. The number of urea groups is 2. The van der Waals surface area contributed by atoms with Gasteiger partial charge in [0.05, 0.1) is 5.69 Å². The smallest absolute Gasteiger partial charge is 0.321 e. The lowest BCUT2D eigenvalue weighted by Gasteiger charge is -2.15. The number of nitrogens with zero attached hydrogens (tertiary/aromatic N) is 2. The molecule has 4 rings (SSSR count). The number of anilines is 2. The van der Waals surface area contributed by atoms with E-state index in [1.165, 1.54) is 0 Å². The lowest BCUT2D eigenvalue weighted by molar-refractivity contribution is 0.251. The molecule has 0 aliphatic carbocycles. The molecule has 1 saturated heterocycles. The maximum absolute atomic E-state index is 12.2. The molecular weight excluding hydrogens is 356 g/mol. The average molecular weight is 376 g/mol. The molecule has 2 heterocycles. The molecule has 0 bridgehead atoms. The lowest BCUT2D eigenvalue weighted by atomic mass is 10.1. The van der Waals surface area contributed by atoms with Gasteiger partial charge < -0.3 is 16.0 Å². The van der Waals surface area contributed by atoms with Gasteiger partial charge in [-0.2, -0.15) is 5.10 Å². The van der Waals surface area contributed by atoms with Gasteiger partial charge in [0.1, 0.15) is 0 Å². The predicted octanol–water partition coefficient (Wildman–Crippen LogP) is 2.93. The molecule has 0 saturated carbocycles. The van der Waals surface area contributed by atoms with Crippen LogP contribution in [0.1, 0.15) is 5.56 Å². The molecule has 142 valence electrons. The maximum Gasteiger partial charge on any atom is 0.321 e. The zero-order valence-electron chi connectivity index (χ0n) is 15.1. The fraction of sp³-hybridized carbons (Fsp3) is 0.150. The van der Waals surface area contributed by atoms with Gasteiger partial charge in [0.2, 0.25) is 0 Å². The van der Waals surface area contributed by atoms with Crippen molar-refractivity contribution in [2.24, 2.45) is 0 Å². The first kappa shape index (κ1) is 17.6. The van der Waals surface area contributed by atoms with Crippen LogP contribution in [-0.4, -0.2) is 35.3 Å². The Kier molecular flexibility index (Phi) is 4.92. The topological polar surface area (TPSA) is 102 Å². The Hall–Kier alpha value is -3.81. The van der Waals surface area contributed by atoms with E-state index in [9.17, 15) is 9.59 Å². The van der Waals surface area contributed by atoms with Crippen LogP contribution in [0.3, 0.4) is 0 Å². The summed E-state index contributed by atoms with van der Waals surface area (Å²) in [6.07, 6.45) is 1.71. The summed E-state index contributed by atoms with van der Waals surface area (Å²) < 4.78 is 0. The zero-order chi connectivity index (χ0) is 19.3. The van der Waals surface area contributed by atoms with Gasteiger partial charge in [0.25, 0.3) is 0 Å². The van der Waals surface area contributed by atoms with Crippen molar-refractivity contribution in [3.8, 4) is 11.3 Å². The summed E-state index contributed by atoms with van der Waals surface area (Å²) in [5, 5.41) is 15.3. The molecule has 1 aromatic heterocycles. The number of amides is 4. The largest absolute Gasteiger partial charge is 0.336 e. The van der Waals surface area contributed by atoms with Gasteiger partial charge in [-0.25, -0.2) is 9.59 Å². The number of aromatic amines is 1. The first-order valence-electron chi connectivity index (χ1n) is 8.98. The Morgan fingerprint density at radius 1 is 1.14 bits per heavy atom. The number of aromatic nitrogens is 2. The van der Waals surface area contributed by atoms with Gasteiger partial charge in [-0.15, -0.1) is 0 Å². The van der Waals surface area contributed by atoms with Crippen LogP contribution in [0.4, 0.5) is 21.0 Å². The summed E-state index contributed by atoms with van der Waals surface area (Å²) in [6.45, 7) is 1.64. The number of nitrogens with one attached hydrogen (secondary N) is 4. The van der Waals surface area contributed by atoms with Crippen LogP contribution in [-0.2, 0) is 6.54 Å². The van der Waals surface area contributed by atoms with Gasteiger partial charge in [0, 0.05) is 37.2 Å². The highest BCUT2D eigenvalue weighted by molar-refractivity contribution is 5.95. The number of benzene rings is 2. The van der Waals surface area contributed by atoms with Gasteiger partial charge >= 0.3 is 12.1 Å². The molecular formula is C20H20N6O2. The van der Waals surface area contributed by atoms with E-state index in [1.54, 1.807) is 23.2 Å². The number of hydrogen-bond acceptors (Lipinski definition) is 3. The summed E-state index contributed by atoms with van der Waals surface area (Å²) in [6, 6.07) is 16.6. The van der Waals surface area contributed by atoms with Crippen LogP contribution in [0, 0.1) is 0 Å². The Morgan fingerprint density at radius 3 is 2.71 bits per heavy atom. The third-order valence-corrected chi connectivity index (χ3v) is 4.49. The van der Waals surface area contributed by atoms with E-state index in [2.05, 4.69) is 26.1 Å². The van der Waals surface area contributed by atoms with Crippen molar-refractivity contribution in [2.45, 2.75) is 6.54 Å². The normalized spacial score (nSPS) is 13.3. The molecule has 4 amide bonds. The number of carbonyl (C=O) groups excluding carboxylic acids is 2. The quantitative estimate of drug-likeness (QED) is 0.550. The summed E-state index contributed by atoms with van der Waals surface area (Å²) in [5.41, 5.74) is 4.35. The number of rotatable bonds is 5. The monoisotopic (exact) mass is 376 g/mol. The second-order valence-corrected chi connectivity index (χ2v) is 6.41. The first-order chi connectivity index (χ1) is 13.7. The lowest BCUT2D eigenvalue weighted by Crippen LogP contribution is -2.29. The van der Waals surface area contributed by atoms with Crippen LogP contribution in [0.15, 0.2) is 60.8 Å². The molecule has 1 aliphatic heterocycles. The van der Waals surface area contributed by atoms with Crippen molar-refractivity contribution < 1.29 is 9.59 Å². The second-order valence-electron chi connectivity index (χ2n) is 6.41. The highest BCUT2D eigenvalue weighted by Gasteiger charge is 2.21. The van der Waals surface area contributed by atoms with Gasteiger partial charge in [-0.3, -0.25) is 10.00 Å². The molecule has 0 atom stereocenters. The highest BCUT2D eigenvalue weighted by Crippen LogP contribution is 2.21. The Bertz CT molecular complexity index is 969. The standard InChI is InChI=1S/C20H20N6O2/c27-19(22-13-14-4-6-15(7-5-14)18-8-9-23-25-18)24-16-2-1-3-17(12-16)26-11-10-21-20(26)28/h1-9,12H,10-11,13H2,(H,21,28)(H,23,25)(H2,22,24,27). The third kappa shape index (κ3) is 3.96. The van der Waals surface area contributed by atoms with Gasteiger partial charge in [-0.1, -0.05) is 30.3 Å². The zero-order valence-corrected chi connectivity index (χ0v) is 15.1. The molecule has 1 aliphatic rings. The minimum absolute atomic E-state index is 0.125. The fourth-order valence-corrected chi connectivity index (χ4v) is 3.05. The SMILES string of the molecule is O=C(NCc1ccc(-c2ccn[nH]2)cc1)Nc1cccc(N2CCNC2=O)c1. The van der Waals surface area contributed by atoms with E-state index in [-0.39, 0.29) is 12.1 Å². The van der Waals surface area contributed by atoms with Crippen molar-refractivity contribution in [1.29, 1.82) is 0 Å². The van der Waals surface area contributed by atoms with E-state index in [4.69, 9.17) is 0 Å². The first-order valence-corrected chi connectivity index (χ1v) is 8.98. The molecule has 8 heteroatoms. The van der Waals surface area contributed by atoms with E-state index >= 15 is 0 Å². The number of carbonyl (C=O) groups is 2. The summed E-state index contributed by atoms with van der Waals surface area (Å²) in [5.74, 6) is 0. The van der Waals surface area contributed by atoms with Crippen LogP contribution >= 0.6 is 0 Å². The summed E-state index contributed by atoms with van der Waals surface area (Å²) >= 11 is 0. The van der Waals surface area contributed by atoms with E-state index in [0.717, 1.165) is 22.5 Å². The van der Waals surface area contributed by atoms with Crippen molar-refractivity contribution in [3.63, 3.8) is 0 Å². The molecule has 8 nitrogen and oxygen atoms in total.